The summed E-state index contributed by atoms with van der Waals surface area (Å²) in [6.07, 6.45) is 1.10. The zero-order chi connectivity index (χ0) is 13.0. The molecule has 0 saturated carbocycles. The maximum Gasteiger partial charge on any atom is 0.0934 e. The summed E-state index contributed by atoms with van der Waals surface area (Å²) < 4.78 is 0. The van der Waals surface area contributed by atoms with Crippen molar-refractivity contribution < 1.29 is 0 Å². The number of hydrogen-bond acceptors (Lipinski definition) is 3. The van der Waals surface area contributed by atoms with Crippen molar-refractivity contribution in [1.82, 2.24) is 10.3 Å². The van der Waals surface area contributed by atoms with Crippen molar-refractivity contribution in [3.8, 4) is 0 Å². The monoisotopic (exact) mass is 254 g/mol. The molecule has 0 radical (unpaired) electrons. The molecule has 3 heteroatoms. The van der Waals surface area contributed by atoms with Crippen LogP contribution in [0.2, 0.25) is 0 Å². The Morgan fingerprint density at radius 3 is 2.29 bits per heavy atom. The Morgan fingerprint density at radius 1 is 1.24 bits per heavy atom. The molecule has 0 spiro atoms. The second-order valence-corrected chi connectivity index (χ2v) is 6.50. The van der Waals surface area contributed by atoms with Crippen molar-refractivity contribution in [2.75, 3.05) is 6.54 Å². The fourth-order valence-corrected chi connectivity index (χ4v) is 3.30. The number of rotatable bonds is 6. The molecule has 1 heterocycles. The van der Waals surface area contributed by atoms with Crippen molar-refractivity contribution in [1.29, 1.82) is 0 Å². The average Bonchev–Trinajstić information content (AvgIpc) is 2.54. The minimum atomic E-state index is 0.560. The van der Waals surface area contributed by atoms with Gasteiger partial charge in [0.2, 0.25) is 0 Å². The first-order valence-corrected chi connectivity index (χ1v) is 7.43. The smallest absolute Gasteiger partial charge is 0.0934 e. The van der Waals surface area contributed by atoms with E-state index in [0.717, 1.165) is 13.0 Å². The van der Waals surface area contributed by atoms with E-state index in [1.54, 1.807) is 0 Å². The van der Waals surface area contributed by atoms with Gasteiger partial charge in [-0.3, -0.25) is 0 Å². The van der Waals surface area contributed by atoms with Crippen molar-refractivity contribution >= 4 is 11.3 Å². The van der Waals surface area contributed by atoms with Crippen LogP contribution in [0.4, 0.5) is 0 Å². The van der Waals surface area contributed by atoms with Crippen LogP contribution in [0.5, 0.6) is 0 Å². The summed E-state index contributed by atoms with van der Waals surface area (Å²) in [5, 5.41) is 4.84. The van der Waals surface area contributed by atoms with Crippen LogP contribution >= 0.6 is 11.3 Å². The minimum Gasteiger partial charge on any atom is -0.314 e. The van der Waals surface area contributed by atoms with E-state index in [0.29, 0.717) is 17.9 Å². The van der Waals surface area contributed by atoms with Crippen molar-refractivity contribution in [2.24, 2.45) is 11.8 Å². The van der Waals surface area contributed by atoms with E-state index in [9.17, 15) is 0 Å². The lowest BCUT2D eigenvalue weighted by Gasteiger charge is -2.27. The molecule has 0 aromatic carbocycles. The Kier molecular flexibility index (Phi) is 5.60. The predicted molar refractivity (Wildman–Crippen MR) is 76.8 cm³/mol. The van der Waals surface area contributed by atoms with E-state index in [2.05, 4.69) is 51.8 Å². The Bertz CT molecular complexity index is 324. The molecule has 1 aromatic heterocycles. The molecule has 1 aromatic rings. The molecule has 2 unspecified atom stereocenters. The number of aryl methyl sites for hydroxylation is 2. The average molecular weight is 254 g/mol. The highest BCUT2D eigenvalue weighted by atomic mass is 32.1. The summed E-state index contributed by atoms with van der Waals surface area (Å²) in [5.74, 6) is 1.36. The van der Waals surface area contributed by atoms with Gasteiger partial charge in [0.05, 0.1) is 10.7 Å². The topological polar surface area (TPSA) is 24.9 Å². The first kappa shape index (κ1) is 14.7. The second kappa shape index (κ2) is 6.50. The quantitative estimate of drug-likeness (QED) is 0.839. The van der Waals surface area contributed by atoms with Crippen LogP contribution < -0.4 is 5.32 Å². The van der Waals surface area contributed by atoms with Crippen LogP contribution in [0.15, 0.2) is 0 Å². The van der Waals surface area contributed by atoms with Gasteiger partial charge in [-0.25, -0.2) is 4.98 Å². The first-order valence-electron chi connectivity index (χ1n) is 6.62. The molecule has 17 heavy (non-hydrogen) atoms. The highest BCUT2D eigenvalue weighted by Crippen LogP contribution is 2.25. The van der Waals surface area contributed by atoms with Gasteiger partial charge in [-0.05, 0) is 39.2 Å². The number of nitrogens with one attached hydrogen (secondary N) is 1. The minimum absolute atomic E-state index is 0.560. The summed E-state index contributed by atoms with van der Waals surface area (Å²) >= 11 is 1.86. The molecule has 0 aliphatic carbocycles. The molecular formula is C14H26N2S. The molecule has 0 aliphatic heterocycles. The number of hydrogen-bond donors (Lipinski definition) is 1. The van der Waals surface area contributed by atoms with Crippen LogP contribution in [-0.2, 0) is 6.42 Å². The van der Waals surface area contributed by atoms with Crippen molar-refractivity contribution in [2.45, 2.75) is 54.0 Å². The Morgan fingerprint density at radius 2 is 1.88 bits per heavy atom. The molecule has 1 N–H and O–H groups in total. The third-order valence-electron chi connectivity index (χ3n) is 3.51. The van der Waals surface area contributed by atoms with Gasteiger partial charge in [0.1, 0.15) is 0 Å². The van der Waals surface area contributed by atoms with Crippen LogP contribution in [-0.4, -0.2) is 17.6 Å². The molecule has 0 aliphatic rings. The third-order valence-corrected chi connectivity index (χ3v) is 4.60. The first-order chi connectivity index (χ1) is 7.95. The maximum atomic E-state index is 4.67. The van der Waals surface area contributed by atoms with Gasteiger partial charge in [-0.15, -0.1) is 11.3 Å². The van der Waals surface area contributed by atoms with Crippen LogP contribution in [0, 0.1) is 25.7 Å². The predicted octanol–water partition coefficient (Wildman–Crippen LogP) is 3.57. The number of aromatic nitrogens is 1. The van der Waals surface area contributed by atoms with E-state index < -0.39 is 0 Å². The molecule has 0 saturated heterocycles. The van der Waals surface area contributed by atoms with Gasteiger partial charge in [-0.1, -0.05) is 20.8 Å². The van der Waals surface area contributed by atoms with Crippen molar-refractivity contribution in [3.63, 3.8) is 0 Å². The zero-order valence-corrected chi connectivity index (χ0v) is 12.8. The second-order valence-electron chi connectivity index (χ2n) is 5.21. The fraction of sp³-hybridized carbons (Fsp3) is 0.786. The lowest BCUT2D eigenvalue weighted by atomic mass is 9.86. The largest absolute Gasteiger partial charge is 0.314 e. The van der Waals surface area contributed by atoms with Gasteiger partial charge in [0.25, 0.3) is 0 Å². The molecule has 2 nitrogen and oxygen atoms in total. The summed E-state index contributed by atoms with van der Waals surface area (Å²) in [4.78, 5) is 6.03. The number of nitrogens with zero attached hydrogens (tertiary/aromatic N) is 1. The van der Waals surface area contributed by atoms with Crippen LogP contribution in [0.1, 0.15) is 43.3 Å². The summed E-state index contributed by atoms with van der Waals surface area (Å²) in [7, 11) is 0. The fourth-order valence-electron chi connectivity index (χ4n) is 2.29. The lowest BCUT2D eigenvalue weighted by Crippen LogP contribution is -2.37. The molecule has 0 fully saturated rings. The Balaban J connectivity index is 2.72. The zero-order valence-electron chi connectivity index (χ0n) is 12.0. The summed E-state index contributed by atoms with van der Waals surface area (Å²) in [6, 6.07) is 0.560. The lowest BCUT2D eigenvalue weighted by molar-refractivity contribution is 0.291. The van der Waals surface area contributed by atoms with E-state index >= 15 is 0 Å². The standard InChI is InChI=1S/C14H26N2S/c1-7-15-11(5)13(9(2)3)8-14-16-10(4)12(6)17-14/h9,11,13,15H,7-8H2,1-6H3. The highest BCUT2D eigenvalue weighted by Gasteiger charge is 2.22. The summed E-state index contributed by atoms with van der Waals surface area (Å²) in [6.45, 7) is 14.4. The van der Waals surface area contributed by atoms with Crippen LogP contribution in [0.25, 0.3) is 0 Å². The van der Waals surface area contributed by atoms with E-state index in [4.69, 9.17) is 0 Å². The molecule has 1 rings (SSSR count). The third kappa shape index (κ3) is 4.07. The number of thiazole rings is 1. The van der Waals surface area contributed by atoms with Gasteiger partial charge >= 0.3 is 0 Å². The van der Waals surface area contributed by atoms with Gasteiger partial charge in [0.15, 0.2) is 0 Å². The van der Waals surface area contributed by atoms with Crippen molar-refractivity contribution in [3.05, 3.63) is 15.6 Å². The van der Waals surface area contributed by atoms with Gasteiger partial charge < -0.3 is 5.32 Å². The summed E-state index contributed by atoms with van der Waals surface area (Å²) in [5.41, 5.74) is 1.20. The Hall–Kier alpha value is -0.410. The van der Waals surface area contributed by atoms with E-state index in [1.165, 1.54) is 15.6 Å². The molecular weight excluding hydrogens is 228 g/mol. The Labute approximate surface area is 110 Å². The van der Waals surface area contributed by atoms with Crippen LogP contribution in [0.3, 0.4) is 0 Å². The molecule has 0 amide bonds. The maximum absolute atomic E-state index is 4.67. The molecule has 2 atom stereocenters. The van der Waals surface area contributed by atoms with Gasteiger partial charge in [0, 0.05) is 17.3 Å². The molecule has 98 valence electrons. The normalized spacial score (nSPS) is 15.2. The van der Waals surface area contributed by atoms with E-state index in [1.807, 2.05) is 11.3 Å². The molecule has 0 bridgehead atoms. The van der Waals surface area contributed by atoms with Gasteiger partial charge in [-0.2, -0.15) is 0 Å². The highest BCUT2D eigenvalue weighted by molar-refractivity contribution is 7.11. The van der Waals surface area contributed by atoms with E-state index in [-0.39, 0.29) is 0 Å². The SMILES string of the molecule is CCNC(C)C(Cc1nc(C)c(C)s1)C(C)C.